The van der Waals surface area contributed by atoms with E-state index in [0.717, 1.165) is 13.8 Å². The molecule has 0 radical (unpaired) electrons. The van der Waals surface area contributed by atoms with Gasteiger partial charge < -0.3 is 23.8 Å². The number of Topliss-reactive ketones (excluding diaryl/α,β-unsaturated/α-hetero) is 1. The van der Waals surface area contributed by atoms with Gasteiger partial charge in [0, 0.05) is 37.3 Å². The number of ketones is 1. The predicted molar refractivity (Wildman–Crippen MR) is 214 cm³/mol. The molecule has 60 heavy (non-hydrogen) atoms. The van der Waals surface area contributed by atoms with Gasteiger partial charge in [0.05, 0.1) is 55.3 Å². The highest BCUT2D eigenvalue weighted by Gasteiger charge is 2.62. The summed E-state index contributed by atoms with van der Waals surface area (Å²) in [5, 5.41) is -0.417. The van der Waals surface area contributed by atoms with E-state index in [1.54, 1.807) is 0 Å². The van der Waals surface area contributed by atoms with Crippen molar-refractivity contribution < 1.29 is 59.7 Å². The molecule has 6 rings (SSSR count). The predicted octanol–water partition coefficient (Wildman–Crippen LogP) is 6.70. The lowest BCUT2D eigenvalue weighted by Crippen LogP contribution is -2.48. The monoisotopic (exact) mass is 863 g/mol. The molecular weight excluding hydrogens is 808 g/mol. The van der Waals surface area contributed by atoms with E-state index in [2.05, 4.69) is 9.71 Å². The summed E-state index contributed by atoms with van der Waals surface area (Å²) in [6.45, 7) is 6.56. The summed E-state index contributed by atoms with van der Waals surface area (Å²) in [4.78, 5) is 63.0. The first kappa shape index (κ1) is 45.1. The number of fused-ring (bicyclic) bond motifs is 3. The standard InChI is InChI=1S/C43H56F3N3O10S/c1-8-25-15-24(2)11-9-10-12-26-21-43(26,40(53)48-60(54,55)28-13-14-28)22-34(50)33-16-27(23-49(33)39(52)29(25)18-38(51)59-41(3,4)42(5,45)46)58-35-20-37(57-7)47-32-19-36(56-6)31(44)17-30(32)35/h10,12,17,19-20,24-29,33H,8-9,11,13-16,18,21-23H2,1-7H3,(H,48,53)/b12-10-/t24-,25-,26-,27-,29+,33+,43-/m1/s1. The molecular formula is C43H56F3N3O10S. The van der Waals surface area contributed by atoms with Crippen LogP contribution in [0.1, 0.15) is 98.8 Å². The van der Waals surface area contributed by atoms with Gasteiger partial charge >= 0.3 is 5.97 Å². The van der Waals surface area contributed by atoms with Crippen LogP contribution in [0.15, 0.2) is 30.4 Å². The number of methoxy groups -OCH3 is 2. The molecule has 2 saturated carbocycles. The number of benzene rings is 1. The van der Waals surface area contributed by atoms with Crippen molar-refractivity contribution in [1.29, 1.82) is 0 Å². The fourth-order valence-electron chi connectivity index (χ4n) is 8.55. The molecule has 330 valence electrons. The molecule has 7 atom stereocenters. The second kappa shape index (κ2) is 17.2. The number of sulfonamides is 1. The lowest BCUT2D eigenvalue weighted by molar-refractivity contribution is -0.197. The highest BCUT2D eigenvalue weighted by molar-refractivity contribution is 7.90. The number of halogens is 3. The number of hydrogen-bond acceptors (Lipinski definition) is 11. The quantitative estimate of drug-likeness (QED) is 0.178. The van der Waals surface area contributed by atoms with E-state index in [0.29, 0.717) is 45.4 Å². The maximum atomic E-state index is 15.1. The Morgan fingerprint density at radius 1 is 1.03 bits per heavy atom. The number of pyridine rings is 1. The summed E-state index contributed by atoms with van der Waals surface area (Å²) in [6, 6.07) is 2.83. The van der Waals surface area contributed by atoms with Gasteiger partial charge in [0.2, 0.25) is 27.7 Å². The number of hydrogen-bond donors (Lipinski definition) is 1. The summed E-state index contributed by atoms with van der Waals surface area (Å²) in [7, 11) is -1.25. The molecule has 1 aromatic heterocycles. The Hall–Kier alpha value is -4.41. The van der Waals surface area contributed by atoms with E-state index in [4.69, 9.17) is 18.9 Å². The smallest absolute Gasteiger partial charge is 0.307 e. The fourth-order valence-corrected chi connectivity index (χ4v) is 9.94. The van der Waals surface area contributed by atoms with Gasteiger partial charge in [-0.3, -0.25) is 23.9 Å². The Morgan fingerprint density at radius 3 is 2.38 bits per heavy atom. The van der Waals surface area contributed by atoms with Crippen LogP contribution in [0.25, 0.3) is 10.9 Å². The van der Waals surface area contributed by atoms with E-state index >= 15 is 9.18 Å². The van der Waals surface area contributed by atoms with Crippen molar-refractivity contribution in [2.45, 2.75) is 128 Å². The molecule has 3 heterocycles. The number of carbonyl (C=O) groups is 4. The average Bonchev–Trinajstić information content (AvgIpc) is 4.10. The molecule has 1 N–H and O–H groups in total. The second-order valence-electron chi connectivity index (χ2n) is 17.6. The van der Waals surface area contributed by atoms with Crippen molar-refractivity contribution >= 4 is 44.5 Å². The number of carbonyl (C=O) groups excluding carboxylic acids is 4. The Kier molecular flexibility index (Phi) is 12.9. The minimum Gasteiger partial charge on any atom is -0.494 e. The van der Waals surface area contributed by atoms with E-state index in [-0.39, 0.29) is 60.0 Å². The number of nitrogens with one attached hydrogen (secondary N) is 1. The Morgan fingerprint density at radius 2 is 1.75 bits per heavy atom. The van der Waals surface area contributed by atoms with Gasteiger partial charge in [-0.2, -0.15) is 0 Å². The van der Waals surface area contributed by atoms with Gasteiger partial charge in [-0.15, -0.1) is 0 Å². The van der Waals surface area contributed by atoms with Gasteiger partial charge in [0.25, 0.3) is 5.92 Å². The number of alkyl halides is 2. The van der Waals surface area contributed by atoms with E-state index < -0.39 is 97.9 Å². The maximum Gasteiger partial charge on any atom is 0.307 e. The molecule has 2 amide bonds. The van der Waals surface area contributed by atoms with Crippen molar-refractivity contribution in [2.75, 3.05) is 20.8 Å². The van der Waals surface area contributed by atoms with Gasteiger partial charge in [0.15, 0.2) is 23.0 Å². The van der Waals surface area contributed by atoms with E-state index in [9.17, 15) is 31.6 Å². The number of ether oxygens (including phenoxy) is 4. The van der Waals surface area contributed by atoms with Crippen LogP contribution in [0.4, 0.5) is 13.2 Å². The van der Waals surface area contributed by atoms with Gasteiger partial charge in [-0.05, 0) is 76.2 Å². The first-order valence-corrected chi connectivity index (χ1v) is 22.2. The van der Waals surface area contributed by atoms with Crippen LogP contribution in [-0.4, -0.2) is 91.6 Å². The van der Waals surface area contributed by atoms with Crippen LogP contribution in [0.5, 0.6) is 17.4 Å². The minimum atomic E-state index is -3.95. The van der Waals surface area contributed by atoms with Crippen molar-refractivity contribution in [2.24, 2.45) is 29.1 Å². The third-order valence-corrected chi connectivity index (χ3v) is 14.7. The summed E-state index contributed by atoms with van der Waals surface area (Å²) in [6.07, 6.45) is 5.25. The molecule has 2 aliphatic carbocycles. The third kappa shape index (κ3) is 9.55. The summed E-state index contributed by atoms with van der Waals surface area (Å²) < 4.78 is 94.6. The van der Waals surface area contributed by atoms with E-state index in [1.165, 1.54) is 37.3 Å². The maximum absolute atomic E-state index is 15.1. The highest BCUT2D eigenvalue weighted by Crippen LogP contribution is 2.57. The topological polar surface area (TPSA) is 168 Å². The molecule has 0 unspecified atom stereocenters. The van der Waals surface area contributed by atoms with Crippen molar-refractivity contribution in [3.63, 3.8) is 0 Å². The van der Waals surface area contributed by atoms with Gasteiger partial charge in [0.1, 0.15) is 11.9 Å². The molecule has 1 saturated heterocycles. The van der Waals surface area contributed by atoms with Crippen molar-refractivity contribution in [1.82, 2.24) is 14.6 Å². The normalized spacial score (nSPS) is 28.5. The molecule has 3 fully saturated rings. The van der Waals surface area contributed by atoms with Gasteiger partial charge in [-0.25, -0.2) is 26.6 Å². The van der Waals surface area contributed by atoms with Crippen LogP contribution in [0, 0.1) is 34.9 Å². The lowest BCUT2D eigenvalue weighted by Gasteiger charge is -2.35. The first-order chi connectivity index (χ1) is 28.1. The molecule has 1 aromatic carbocycles. The molecule has 17 heteroatoms. The Balaban J connectivity index is 1.39. The summed E-state index contributed by atoms with van der Waals surface area (Å²) in [5.41, 5.74) is -3.28. The van der Waals surface area contributed by atoms with Crippen LogP contribution in [0.3, 0.4) is 0 Å². The number of rotatable bonds is 12. The molecule has 0 spiro atoms. The molecule has 2 aliphatic heterocycles. The largest absolute Gasteiger partial charge is 0.494 e. The SMILES string of the molecule is CC[C@@H]1C[C@H](C)CC/C=C\[C@@H]2C[C@@]2(C(=O)NS(=O)(=O)C2CC2)CC(=O)[C@@H]2C[C@@H](Oc3cc(OC)nc4cc(OC)c(F)cc34)CN2C(=O)[C@H]1CC(=O)OC(C)(C)C(C)(F)F. The average molecular weight is 864 g/mol. The Labute approximate surface area is 349 Å². The zero-order valence-corrected chi connectivity index (χ0v) is 36.0. The Bertz CT molecular complexity index is 2140. The summed E-state index contributed by atoms with van der Waals surface area (Å²) >= 11 is 0. The highest BCUT2D eigenvalue weighted by atomic mass is 32.2. The van der Waals surface area contributed by atoms with Crippen molar-refractivity contribution in [3.05, 3.63) is 36.2 Å². The van der Waals surface area contributed by atoms with Crippen LogP contribution in [-0.2, 0) is 33.9 Å². The number of aromatic nitrogens is 1. The fraction of sp³-hybridized carbons (Fsp3) is 0.651. The van der Waals surface area contributed by atoms with E-state index in [1.807, 2.05) is 26.0 Å². The summed E-state index contributed by atoms with van der Waals surface area (Å²) in [5.74, 6) is -8.63. The number of nitrogens with zero attached hydrogens (tertiary/aromatic N) is 2. The zero-order valence-electron chi connectivity index (χ0n) is 35.2. The third-order valence-electron chi connectivity index (χ3n) is 12.8. The van der Waals surface area contributed by atoms with Crippen molar-refractivity contribution in [3.8, 4) is 17.4 Å². The zero-order chi connectivity index (χ0) is 43.9. The minimum absolute atomic E-state index is 0.0458. The molecule has 0 bridgehead atoms. The van der Waals surface area contributed by atoms with Crippen LogP contribution in [0.2, 0.25) is 0 Å². The molecule has 4 aliphatic rings. The first-order valence-electron chi connectivity index (χ1n) is 20.7. The number of allylic oxidation sites excluding steroid dienone is 2. The molecule has 2 aromatic rings. The second-order valence-corrected chi connectivity index (χ2v) is 19.6. The number of esters is 1. The number of amides is 2. The van der Waals surface area contributed by atoms with Gasteiger partial charge in [-0.1, -0.05) is 32.4 Å². The molecule has 13 nitrogen and oxygen atoms in total. The van der Waals surface area contributed by atoms with Crippen LogP contribution < -0.4 is 18.9 Å². The van der Waals surface area contributed by atoms with Crippen LogP contribution >= 0.6 is 0 Å². The lowest BCUT2D eigenvalue weighted by atomic mass is 9.79.